The second-order valence-corrected chi connectivity index (χ2v) is 5.12. The largest absolute Gasteiger partial charge is 0.466 e. The highest BCUT2D eigenvalue weighted by Gasteiger charge is 2.11. The van der Waals surface area contributed by atoms with Gasteiger partial charge in [-0.2, -0.15) is 0 Å². The molecule has 1 aromatic heterocycles. The van der Waals surface area contributed by atoms with E-state index in [1.165, 1.54) is 17.4 Å². The number of aromatic nitrogens is 1. The monoisotopic (exact) mass is 314 g/mol. The van der Waals surface area contributed by atoms with Crippen LogP contribution < -0.4 is 5.32 Å². The van der Waals surface area contributed by atoms with Crippen LogP contribution in [0.1, 0.15) is 12.6 Å². The van der Waals surface area contributed by atoms with E-state index >= 15 is 0 Å². The number of thiazole rings is 1. The number of halogens is 2. The Bertz CT molecular complexity index is 618. The van der Waals surface area contributed by atoms with Crippen molar-refractivity contribution in [1.29, 1.82) is 0 Å². The minimum absolute atomic E-state index is 0.0401. The molecule has 2 aromatic rings. The van der Waals surface area contributed by atoms with Gasteiger partial charge in [0.05, 0.1) is 29.4 Å². The number of carbonyl (C=O) groups is 1. The van der Waals surface area contributed by atoms with E-state index in [1.54, 1.807) is 24.4 Å². The van der Waals surface area contributed by atoms with Crippen LogP contribution >= 0.6 is 22.9 Å². The third-order valence-electron chi connectivity index (χ3n) is 2.38. The maximum atomic E-state index is 13.7. The molecule has 1 heterocycles. The zero-order chi connectivity index (χ0) is 14.5. The molecular formula is C13H12ClFN2O2S. The summed E-state index contributed by atoms with van der Waals surface area (Å²) in [5.41, 5.74) is 0.827. The molecule has 4 nitrogen and oxygen atoms in total. The van der Waals surface area contributed by atoms with Crippen molar-refractivity contribution >= 4 is 39.7 Å². The average molecular weight is 315 g/mol. The van der Waals surface area contributed by atoms with E-state index in [0.717, 1.165) is 0 Å². The van der Waals surface area contributed by atoms with Crippen molar-refractivity contribution in [2.45, 2.75) is 13.3 Å². The summed E-state index contributed by atoms with van der Waals surface area (Å²) in [7, 11) is 0. The van der Waals surface area contributed by atoms with Gasteiger partial charge in [0, 0.05) is 5.38 Å². The van der Waals surface area contributed by atoms with E-state index in [1.807, 2.05) is 0 Å². The number of hydrogen-bond acceptors (Lipinski definition) is 5. The Morgan fingerprint density at radius 3 is 3.10 bits per heavy atom. The predicted molar refractivity (Wildman–Crippen MR) is 77.1 cm³/mol. The number of hydrogen-bond donors (Lipinski definition) is 1. The molecule has 1 aromatic carbocycles. The Balaban J connectivity index is 2.06. The molecule has 0 bridgehead atoms. The van der Waals surface area contributed by atoms with Gasteiger partial charge >= 0.3 is 5.97 Å². The summed E-state index contributed by atoms with van der Waals surface area (Å²) in [6.07, 6.45) is 0.101. The van der Waals surface area contributed by atoms with E-state index in [-0.39, 0.29) is 23.1 Å². The van der Waals surface area contributed by atoms with Crippen LogP contribution in [0.5, 0.6) is 0 Å². The van der Waals surface area contributed by atoms with Crippen molar-refractivity contribution in [3.8, 4) is 0 Å². The highest BCUT2D eigenvalue weighted by atomic mass is 35.5. The van der Waals surface area contributed by atoms with Gasteiger partial charge in [0.1, 0.15) is 0 Å². The molecule has 0 aliphatic rings. The third kappa shape index (κ3) is 3.68. The molecule has 0 atom stereocenters. The molecule has 2 rings (SSSR count). The first-order chi connectivity index (χ1) is 9.60. The predicted octanol–water partition coefficient (Wildman–Crippen LogP) is 3.78. The molecule has 0 saturated carbocycles. The van der Waals surface area contributed by atoms with E-state index in [4.69, 9.17) is 16.3 Å². The first-order valence-corrected chi connectivity index (χ1v) is 7.17. The van der Waals surface area contributed by atoms with Crippen LogP contribution in [0, 0.1) is 5.82 Å². The fourth-order valence-electron chi connectivity index (χ4n) is 1.52. The smallest absolute Gasteiger partial charge is 0.311 e. The van der Waals surface area contributed by atoms with Crippen molar-refractivity contribution in [2.75, 3.05) is 11.9 Å². The highest BCUT2D eigenvalue weighted by Crippen LogP contribution is 2.27. The van der Waals surface area contributed by atoms with E-state index in [9.17, 15) is 9.18 Å². The number of esters is 1. The Morgan fingerprint density at radius 1 is 1.55 bits per heavy atom. The van der Waals surface area contributed by atoms with Crippen molar-refractivity contribution in [3.05, 3.63) is 40.1 Å². The minimum atomic E-state index is -0.531. The van der Waals surface area contributed by atoms with Crippen LogP contribution in [0.2, 0.25) is 5.02 Å². The lowest BCUT2D eigenvalue weighted by atomic mass is 10.3. The fraction of sp³-hybridized carbons (Fsp3) is 0.231. The SMILES string of the molecule is CCOC(=O)Cc1csc(Nc2cccc(Cl)c2F)n1. The van der Waals surface area contributed by atoms with Gasteiger partial charge in [0.2, 0.25) is 0 Å². The molecule has 0 amide bonds. The lowest BCUT2D eigenvalue weighted by Crippen LogP contribution is -2.07. The zero-order valence-corrected chi connectivity index (χ0v) is 12.2. The first kappa shape index (κ1) is 14.7. The van der Waals surface area contributed by atoms with E-state index in [2.05, 4.69) is 10.3 Å². The van der Waals surface area contributed by atoms with Crippen molar-refractivity contribution in [1.82, 2.24) is 4.98 Å². The van der Waals surface area contributed by atoms with E-state index < -0.39 is 5.82 Å². The molecule has 0 spiro atoms. The van der Waals surface area contributed by atoms with Crippen LogP contribution in [-0.4, -0.2) is 17.6 Å². The number of anilines is 2. The zero-order valence-electron chi connectivity index (χ0n) is 10.7. The second kappa shape index (κ2) is 6.67. The molecule has 0 aliphatic carbocycles. The van der Waals surface area contributed by atoms with Crippen LogP contribution in [-0.2, 0) is 16.0 Å². The van der Waals surface area contributed by atoms with Gasteiger partial charge in [-0.15, -0.1) is 11.3 Å². The summed E-state index contributed by atoms with van der Waals surface area (Å²) in [5.74, 6) is -0.866. The van der Waals surface area contributed by atoms with Gasteiger partial charge in [-0.25, -0.2) is 9.37 Å². The van der Waals surface area contributed by atoms with Crippen LogP contribution in [0.25, 0.3) is 0 Å². The summed E-state index contributed by atoms with van der Waals surface area (Å²) >= 11 is 6.97. The Kier molecular flexibility index (Phi) is 4.92. The lowest BCUT2D eigenvalue weighted by Gasteiger charge is -2.04. The number of carbonyl (C=O) groups excluding carboxylic acids is 1. The summed E-state index contributed by atoms with van der Waals surface area (Å²) in [6.45, 7) is 2.08. The van der Waals surface area contributed by atoms with Gasteiger partial charge in [-0.3, -0.25) is 4.79 Å². The molecule has 0 fully saturated rings. The van der Waals surface area contributed by atoms with Gasteiger partial charge in [0.15, 0.2) is 10.9 Å². The summed E-state index contributed by atoms with van der Waals surface area (Å²) in [4.78, 5) is 15.5. The fourth-order valence-corrected chi connectivity index (χ4v) is 2.42. The maximum Gasteiger partial charge on any atom is 0.311 e. The Labute approximate surface area is 124 Å². The maximum absolute atomic E-state index is 13.7. The average Bonchev–Trinajstić information content (AvgIpc) is 2.82. The molecule has 106 valence electrons. The molecular weight excluding hydrogens is 303 g/mol. The Hall–Kier alpha value is -1.66. The van der Waals surface area contributed by atoms with Crippen molar-refractivity contribution in [2.24, 2.45) is 0 Å². The molecule has 0 unspecified atom stereocenters. The van der Waals surface area contributed by atoms with Gasteiger partial charge < -0.3 is 10.1 Å². The standard InChI is InChI=1S/C13H12ClFN2O2S/c1-2-19-11(18)6-8-7-20-13(16-8)17-10-5-3-4-9(14)12(10)15/h3-5,7H,2,6H2,1H3,(H,16,17). The van der Waals surface area contributed by atoms with Crippen LogP contribution in [0.4, 0.5) is 15.2 Å². The summed E-state index contributed by atoms with van der Waals surface area (Å²) < 4.78 is 18.5. The topological polar surface area (TPSA) is 51.2 Å². The van der Waals surface area contributed by atoms with E-state index in [0.29, 0.717) is 17.4 Å². The quantitative estimate of drug-likeness (QED) is 0.853. The number of nitrogens with zero attached hydrogens (tertiary/aromatic N) is 1. The lowest BCUT2D eigenvalue weighted by molar-refractivity contribution is -0.142. The highest BCUT2D eigenvalue weighted by molar-refractivity contribution is 7.13. The van der Waals surface area contributed by atoms with Crippen LogP contribution in [0.3, 0.4) is 0 Å². The number of ether oxygens (including phenoxy) is 1. The molecule has 0 saturated heterocycles. The summed E-state index contributed by atoms with van der Waals surface area (Å²) in [5, 5.41) is 5.09. The summed E-state index contributed by atoms with van der Waals surface area (Å²) in [6, 6.07) is 4.67. The number of benzene rings is 1. The third-order valence-corrected chi connectivity index (χ3v) is 3.47. The normalized spacial score (nSPS) is 10.3. The molecule has 1 N–H and O–H groups in total. The van der Waals surface area contributed by atoms with Crippen molar-refractivity contribution < 1.29 is 13.9 Å². The molecule has 0 aliphatic heterocycles. The number of rotatable bonds is 5. The van der Waals surface area contributed by atoms with Crippen LogP contribution in [0.15, 0.2) is 23.6 Å². The molecule has 0 radical (unpaired) electrons. The van der Waals surface area contributed by atoms with Crippen molar-refractivity contribution in [3.63, 3.8) is 0 Å². The van der Waals surface area contributed by atoms with Gasteiger partial charge in [0.25, 0.3) is 0 Å². The van der Waals surface area contributed by atoms with Gasteiger partial charge in [-0.1, -0.05) is 17.7 Å². The molecule has 7 heteroatoms. The number of nitrogens with one attached hydrogen (secondary N) is 1. The molecule has 20 heavy (non-hydrogen) atoms. The first-order valence-electron chi connectivity index (χ1n) is 5.91. The second-order valence-electron chi connectivity index (χ2n) is 3.85. The Morgan fingerprint density at radius 2 is 2.35 bits per heavy atom. The van der Waals surface area contributed by atoms with Gasteiger partial charge in [-0.05, 0) is 19.1 Å². The minimum Gasteiger partial charge on any atom is -0.466 e.